The van der Waals surface area contributed by atoms with E-state index in [2.05, 4.69) is 16.5 Å². The average molecular weight is 618 g/mol. The first-order chi connectivity index (χ1) is 21.4. The number of pyridine rings is 1. The van der Waals surface area contributed by atoms with Crippen molar-refractivity contribution in [2.24, 2.45) is 0 Å². The van der Waals surface area contributed by atoms with Crippen LogP contribution in [0, 0.1) is 17.5 Å². The van der Waals surface area contributed by atoms with Gasteiger partial charge < -0.3 is 14.9 Å². The van der Waals surface area contributed by atoms with E-state index in [4.69, 9.17) is 0 Å². The van der Waals surface area contributed by atoms with Crippen LogP contribution in [0.15, 0.2) is 48.0 Å². The summed E-state index contributed by atoms with van der Waals surface area (Å²) in [6.45, 7) is 13.6. The lowest BCUT2D eigenvalue weighted by molar-refractivity contribution is -0.128. The highest BCUT2D eigenvalue weighted by Crippen LogP contribution is 2.45. The first-order valence-electron chi connectivity index (χ1n) is 15.0. The first-order valence-corrected chi connectivity index (χ1v) is 15.0. The topological polar surface area (TPSA) is 91.6 Å². The molecule has 1 N–H and O–H groups in total. The zero-order valence-electron chi connectivity index (χ0n) is 25.7. The van der Waals surface area contributed by atoms with E-state index in [1.165, 1.54) is 23.0 Å². The lowest BCUT2D eigenvalue weighted by atomic mass is 9.96. The molecule has 1 fully saturated rings. The van der Waals surface area contributed by atoms with Crippen molar-refractivity contribution in [1.29, 1.82) is 0 Å². The number of phenolic OH excluding ortho intramolecular Hbond substituents is 1. The van der Waals surface area contributed by atoms with E-state index in [9.17, 15) is 14.7 Å². The Kier molecular flexibility index (Phi) is 7.45. The van der Waals surface area contributed by atoms with E-state index in [0.29, 0.717) is 29.2 Å². The Morgan fingerprint density at radius 1 is 1.02 bits per heavy atom. The molecule has 11 heteroatoms. The van der Waals surface area contributed by atoms with Gasteiger partial charge in [0, 0.05) is 36.5 Å². The fourth-order valence-corrected chi connectivity index (χ4v) is 6.85. The fourth-order valence-electron chi connectivity index (χ4n) is 6.85. The van der Waals surface area contributed by atoms with Crippen molar-refractivity contribution in [1.82, 2.24) is 19.4 Å². The molecule has 2 unspecified atom stereocenters. The summed E-state index contributed by atoms with van der Waals surface area (Å²) in [4.78, 5) is 40.0. The van der Waals surface area contributed by atoms with Crippen molar-refractivity contribution in [3.63, 3.8) is 0 Å². The number of aromatic nitrogens is 3. The highest BCUT2D eigenvalue weighted by Gasteiger charge is 2.42. The molecule has 0 aliphatic carbocycles. The number of rotatable bonds is 5. The second kappa shape index (κ2) is 11.0. The molecule has 6 rings (SSSR count). The number of fused-ring (bicyclic) bond motifs is 5. The molecule has 0 spiro atoms. The first kappa shape index (κ1) is 30.4. The largest absolute Gasteiger partial charge is 0.507 e. The highest BCUT2D eigenvalue weighted by atomic mass is 19.1. The number of amides is 1. The van der Waals surface area contributed by atoms with Crippen LogP contribution in [0.2, 0.25) is 0 Å². The second-order valence-corrected chi connectivity index (χ2v) is 12.4. The standard InChI is InChI=1S/C34H34F3N5O3/c1-7-25(44)40-14-19-11-21-31(41(19)13-18(40)6)20-12-23(36)27(26-22(35)9-8-10-24(26)43)28(37)32(20)42(34(21)45)33-29(16(2)3)38-15-39-30(33)17(4)5/h7-10,12,15-19,43H,1,11,13-14H2,2-6H3. The van der Waals surface area contributed by atoms with Crippen molar-refractivity contribution in [3.05, 3.63) is 88.0 Å². The van der Waals surface area contributed by atoms with Crippen molar-refractivity contribution in [3.8, 4) is 22.6 Å². The summed E-state index contributed by atoms with van der Waals surface area (Å²) in [5.41, 5.74) is -0.240. The van der Waals surface area contributed by atoms with E-state index in [-0.39, 0.29) is 59.4 Å². The predicted octanol–water partition coefficient (Wildman–Crippen LogP) is 5.97. The van der Waals surface area contributed by atoms with E-state index in [0.717, 1.165) is 18.2 Å². The Hall–Kier alpha value is -4.67. The maximum absolute atomic E-state index is 17.1. The van der Waals surface area contributed by atoms with Crippen molar-refractivity contribution < 1.29 is 23.1 Å². The fraction of sp³-hybridized carbons (Fsp3) is 0.353. The number of piperazine rings is 1. The Morgan fingerprint density at radius 3 is 2.29 bits per heavy atom. The number of hydrogen-bond donors (Lipinski definition) is 1. The van der Waals surface area contributed by atoms with Crippen LogP contribution in [0.5, 0.6) is 5.75 Å². The van der Waals surface area contributed by atoms with Gasteiger partial charge in [0.1, 0.15) is 23.7 Å². The lowest BCUT2D eigenvalue weighted by Gasteiger charge is -2.43. The molecule has 0 radical (unpaired) electrons. The minimum atomic E-state index is -1.20. The van der Waals surface area contributed by atoms with Gasteiger partial charge in [-0.05, 0) is 43.0 Å². The molecule has 1 amide bonds. The second-order valence-electron chi connectivity index (χ2n) is 12.4. The zero-order chi connectivity index (χ0) is 32.5. The number of carbonyl (C=O) groups excluding carboxylic acids is 1. The number of nitrogens with zero attached hydrogens (tertiary/aromatic N) is 5. The van der Waals surface area contributed by atoms with Gasteiger partial charge >= 0.3 is 0 Å². The molecular formula is C34H34F3N5O3. The van der Waals surface area contributed by atoms with E-state index >= 15 is 13.2 Å². The van der Waals surface area contributed by atoms with Gasteiger partial charge in [-0.15, -0.1) is 0 Å². The van der Waals surface area contributed by atoms with Gasteiger partial charge in [0.2, 0.25) is 5.91 Å². The molecular weight excluding hydrogens is 583 g/mol. The van der Waals surface area contributed by atoms with Gasteiger partial charge in [-0.25, -0.2) is 23.1 Å². The Labute approximate surface area is 258 Å². The normalized spacial score (nSPS) is 17.7. The number of phenols is 1. The molecule has 2 aliphatic heterocycles. The van der Waals surface area contributed by atoms with Crippen LogP contribution >= 0.6 is 0 Å². The third-order valence-corrected chi connectivity index (χ3v) is 8.88. The highest BCUT2D eigenvalue weighted by molar-refractivity contribution is 5.99. The molecule has 8 nitrogen and oxygen atoms in total. The average Bonchev–Trinajstić information content (AvgIpc) is 3.36. The van der Waals surface area contributed by atoms with Gasteiger partial charge in [0.25, 0.3) is 5.56 Å². The van der Waals surface area contributed by atoms with Crippen LogP contribution in [0.25, 0.3) is 27.7 Å². The maximum atomic E-state index is 17.1. The van der Waals surface area contributed by atoms with Crippen LogP contribution in [0.3, 0.4) is 0 Å². The molecule has 234 valence electrons. The van der Waals surface area contributed by atoms with E-state index in [1.54, 1.807) is 4.90 Å². The molecule has 2 aromatic heterocycles. The van der Waals surface area contributed by atoms with Gasteiger partial charge in [-0.2, -0.15) is 0 Å². The van der Waals surface area contributed by atoms with Crippen LogP contribution in [-0.4, -0.2) is 55.6 Å². The van der Waals surface area contributed by atoms with Crippen LogP contribution in [-0.2, 0) is 11.2 Å². The molecule has 0 saturated carbocycles. The van der Waals surface area contributed by atoms with Gasteiger partial charge in [0.15, 0.2) is 5.82 Å². The summed E-state index contributed by atoms with van der Waals surface area (Å²) in [6.07, 6.45) is 2.89. The zero-order valence-corrected chi connectivity index (χ0v) is 25.7. The number of benzene rings is 2. The summed E-state index contributed by atoms with van der Waals surface area (Å²) in [6, 6.07) is 3.89. The summed E-state index contributed by atoms with van der Waals surface area (Å²) in [5.74, 6) is -4.62. The van der Waals surface area contributed by atoms with Crippen molar-refractivity contribution in [2.45, 2.75) is 65.0 Å². The monoisotopic (exact) mass is 617 g/mol. The Balaban J connectivity index is 1.77. The number of anilines is 1. The van der Waals surface area contributed by atoms with E-state index in [1.807, 2.05) is 39.5 Å². The van der Waals surface area contributed by atoms with Crippen molar-refractivity contribution >= 4 is 22.5 Å². The maximum Gasteiger partial charge on any atom is 0.261 e. The van der Waals surface area contributed by atoms with Crippen LogP contribution < -0.4 is 10.5 Å². The Morgan fingerprint density at radius 2 is 1.69 bits per heavy atom. The van der Waals surface area contributed by atoms with Gasteiger partial charge in [0.05, 0.1) is 45.4 Å². The van der Waals surface area contributed by atoms with Crippen LogP contribution in [0.4, 0.5) is 18.9 Å². The summed E-state index contributed by atoms with van der Waals surface area (Å²) in [7, 11) is 0. The molecule has 4 aromatic rings. The molecule has 2 aromatic carbocycles. The van der Waals surface area contributed by atoms with Crippen molar-refractivity contribution in [2.75, 3.05) is 18.0 Å². The minimum absolute atomic E-state index is 0.116. The lowest BCUT2D eigenvalue weighted by Crippen LogP contribution is -2.57. The molecule has 45 heavy (non-hydrogen) atoms. The number of halogens is 3. The third kappa shape index (κ3) is 4.59. The quantitative estimate of drug-likeness (QED) is 0.278. The summed E-state index contributed by atoms with van der Waals surface area (Å²) >= 11 is 0. The molecule has 2 atom stereocenters. The van der Waals surface area contributed by atoms with E-state index < -0.39 is 39.9 Å². The predicted molar refractivity (Wildman–Crippen MR) is 166 cm³/mol. The minimum Gasteiger partial charge on any atom is -0.507 e. The Bertz CT molecular complexity index is 1910. The molecule has 0 bridgehead atoms. The smallest absolute Gasteiger partial charge is 0.261 e. The molecule has 2 aliphatic rings. The van der Waals surface area contributed by atoms with Gasteiger partial charge in [-0.1, -0.05) is 40.3 Å². The van der Waals surface area contributed by atoms with Gasteiger partial charge in [-0.3, -0.25) is 14.2 Å². The molecule has 4 heterocycles. The SMILES string of the molecule is C=CC(=O)N1CC2Cc3c(c4cc(F)c(-c5c(O)cccc5F)c(F)c4n(-c4c(C(C)C)ncnc4C(C)C)c3=O)N2CC1C. The van der Waals surface area contributed by atoms with Crippen LogP contribution in [0.1, 0.15) is 63.4 Å². The summed E-state index contributed by atoms with van der Waals surface area (Å²) < 4.78 is 49.6. The third-order valence-electron chi connectivity index (χ3n) is 8.88. The molecule has 1 saturated heterocycles. The number of hydrogen-bond acceptors (Lipinski definition) is 6. The number of aromatic hydroxyl groups is 1. The number of carbonyl (C=O) groups is 1. The summed E-state index contributed by atoms with van der Waals surface area (Å²) in [5, 5.41) is 10.7.